The van der Waals surface area contributed by atoms with Crippen LogP contribution in [0.5, 0.6) is 0 Å². The van der Waals surface area contributed by atoms with Crippen molar-refractivity contribution in [1.82, 2.24) is 9.97 Å². The van der Waals surface area contributed by atoms with Gasteiger partial charge in [-0.15, -0.1) is 22.7 Å². The topological polar surface area (TPSA) is 25.8 Å². The van der Waals surface area contributed by atoms with E-state index in [9.17, 15) is 0 Å². The van der Waals surface area contributed by atoms with Gasteiger partial charge in [0.1, 0.15) is 0 Å². The van der Waals surface area contributed by atoms with E-state index in [2.05, 4.69) is 130 Å². The van der Waals surface area contributed by atoms with Crippen LogP contribution in [0.3, 0.4) is 0 Å². The first-order valence-electron chi connectivity index (χ1n) is 13.2. The summed E-state index contributed by atoms with van der Waals surface area (Å²) in [6, 6.07) is 39.9. The van der Waals surface area contributed by atoms with E-state index in [1.807, 2.05) is 11.0 Å². The summed E-state index contributed by atoms with van der Waals surface area (Å²) in [6.45, 7) is 0. The monoisotopic (exact) mass is 546 g/mol. The molecule has 6 aromatic carbocycles. The fraction of sp³-hybridized carbons (Fsp3) is 0. The van der Waals surface area contributed by atoms with Gasteiger partial charge in [0.25, 0.3) is 0 Å². The Labute approximate surface area is 239 Å². The van der Waals surface area contributed by atoms with Crippen molar-refractivity contribution in [2.24, 2.45) is 0 Å². The molecule has 0 fully saturated rings. The lowest BCUT2D eigenvalue weighted by molar-refractivity contribution is 1.41. The van der Waals surface area contributed by atoms with Crippen LogP contribution in [0.25, 0.3) is 77.1 Å². The minimum absolute atomic E-state index is 1.03. The van der Waals surface area contributed by atoms with Crippen molar-refractivity contribution in [2.45, 2.75) is 0 Å². The summed E-state index contributed by atoms with van der Waals surface area (Å²) in [5.74, 6) is 0. The Morgan fingerprint density at radius 3 is 1.23 bits per heavy atom. The highest BCUT2D eigenvalue weighted by Crippen LogP contribution is 2.39. The van der Waals surface area contributed by atoms with Crippen molar-refractivity contribution in [3.05, 3.63) is 131 Å². The summed E-state index contributed by atoms with van der Waals surface area (Å²) < 4.78 is 0. The molecular formula is C36H22N2S2. The lowest BCUT2D eigenvalue weighted by Crippen LogP contribution is -1.87. The molecule has 0 aliphatic carbocycles. The van der Waals surface area contributed by atoms with Crippen LogP contribution in [0, 0.1) is 0 Å². The maximum Gasteiger partial charge on any atom is 0.0811 e. The van der Waals surface area contributed by atoms with Crippen LogP contribution in [0.15, 0.2) is 131 Å². The molecule has 0 N–H and O–H groups in total. The number of hydrogen-bond acceptors (Lipinski definition) is 4. The van der Waals surface area contributed by atoms with Gasteiger partial charge in [-0.1, -0.05) is 84.9 Å². The molecule has 0 bridgehead atoms. The lowest BCUT2D eigenvalue weighted by Gasteiger charge is -2.14. The highest BCUT2D eigenvalue weighted by atomic mass is 32.1. The molecule has 0 saturated heterocycles. The molecule has 0 unspecified atom stereocenters. The van der Waals surface area contributed by atoms with Gasteiger partial charge in [0.05, 0.1) is 22.4 Å². The maximum atomic E-state index is 4.51. The number of hydrogen-bond donors (Lipinski definition) is 0. The Bertz CT molecular complexity index is 1980. The smallest absolute Gasteiger partial charge is 0.0811 e. The van der Waals surface area contributed by atoms with Crippen molar-refractivity contribution in [1.29, 1.82) is 0 Å². The summed E-state index contributed by atoms with van der Waals surface area (Å²) in [5, 5.41) is 11.8. The molecule has 2 nitrogen and oxygen atoms in total. The second-order valence-corrected chi connectivity index (χ2v) is 11.4. The molecule has 0 atom stereocenters. The van der Waals surface area contributed by atoms with Gasteiger partial charge in [-0.25, -0.2) is 9.97 Å². The summed E-state index contributed by atoms with van der Waals surface area (Å²) >= 11 is 3.25. The molecule has 4 heteroatoms. The largest absolute Gasteiger partial charge is 0.245 e. The van der Waals surface area contributed by atoms with Crippen LogP contribution in [-0.2, 0) is 0 Å². The Balaban J connectivity index is 1.30. The summed E-state index contributed by atoms with van der Waals surface area (Å²) in [7, 11) is 0. The third-order valence-corrected chi connectivity index (χ3v) is 8.86. The molecule has 0 aliphatic rings. The Kier molecular flexibility index (Phi) is 5.54. The van der Waals surface area contributed by atoms with Gasteiger partial charge in [-0.2, -0.15) is 0 Å². The van der Waals surface area contributed by atoms with E-state index in [0.717, 1.165) is 22.5 Å². The maximum absolute atomic E-state index is 4.51. The zero-order valence-electron chi connectivity index (χ0n) is 21.4. The Hall–Kier alpha value is -4.64. The normalized spacial score (nSPS) is 11.5. The third kappa shape index (κ3) is 3.92. The van der Waals surface area contributed by atoms with E-state index in [4.69, 9.17) is 0 Å². The lowest BCUT2D eigenvalue weighted by atomic mass is 9.90. The molecule has 0 aliphatic heterocycles. The summed E-state index contributed by atoms with van der Waals surface area (Å²) in [4.78, 5) is 9.02. The molecule has 8 rings (SSSR count). The van der Waals surface area contributed by atoms with Crippen LogP contribution in [0.1, 0.15) is 0 Å². The Morgan fingerprint density at radius 1 is 0.350 bits per heavy atom. The molecule has 188 valence electrons. The third-order valence-electron chi connectivity index (χ3n) is 7.68. The van der Waals surface area contributed by atoms with Crippen LogP contribution in [-0.4, -0.2) is 9.97 Å². The number of fused-ring (bicyclic) bond motifs is 6. The fourth-order valence-corrected chi connectivity index (χ4v) is 6.86. The first kappa shape index (κ1) is 23.3. The molecule has 2 heterocycles. The number of aromatic nitrogens is 2. The highest BCUT2D eigenvalue weighted by molar-refractivity contribution is 7.08. The van der Waals surface area contributed by atoms with Crippen LogP contribution in [0.4, 0.5) is 0 Å². The van der Waals surface area contributed by atoms with Gasteiger partial charge in [-0.05, 0) is 78.8 Å². The molecule has 0 radical (unpaired) electrons. The molecule has 8 aromatic rings. The van der Waals surface area contributed by atoms with E-state index in [1.165, 1.54) is 54.6 Å². The van der Waals surface area contributed by atoms with E-state index in [-0.39, 0.29) is 0 Å². The average molecular weight is 547 g/mol. The molecule has 0 spiro atoms. The zero-order valence-corrected chi connectivity index (χ0v) is 23.0. The first-order valence-corrected chi connectivity index (χ1v) is 15.1. The predicted molar refractivity (Wildman–Crippen MR) is 172 cm³/mol. The van der Waals surface area contributed by atoms with E-state index < -0.39 is 0 Å². The average Bonchev–Trinajstić information content (AvgIpc) is 3.77. The van der Waals surface area contributed by atoms with Crippen LogP contribution >= 0.6 is 22.7 Å². The second-order valence-electron chi connectivity index (χ2n) is 9.98. The van der Waals surface area contributed by atoms with E-state index in [1.54, 1.807) is 22.7 Å². The predicted octanol–water partition coefficient (Wildman–Crippen LogP) is 10.7. The van der Waals surface area contributed by atoms with Gasteiger partial charge >= 0.3 is 0 Å². The number of rotatable bonds is 4. The molecule has 0 saturated carbocycles. The van der Waals surface area contributed by atoms with Crippen molar-refractivity contribution in [2.75, 3.05) is 0 Å². The quantitative estimate of drug-likeness (QED) is 0.205. The van der Waals surface area contributed by atoms with Crippen molar-refractivity contribution in [3.63, 3.8) is 0 Å². The van der Waals surface area contributed by atoms with E-state index >= 15 is 0 Å². The minimum Gasteiger partial charge on any atom is -0.245 e. The van der Waals surface area contributed by atoms with E-state index in [0.29, 0.717) is 0 Å². The van der Waals surface area contributed by atoms with Gasteiger partial charge < -0.3 is 0 Å². The van der Waals surface area contributed by atoms with Crippen molar-refractivity contribution in [3.8, 4) is 44.8 Å². The van der Waals surface area contributed by atoms with Crippen LogP contribution in [0.2, 0.25) is 0 Å². The van der Waals surface area contributed by atoms with Gasteiger partial charge in [0.15, 0.2) is 0 Å². The van der Waals surface area contributed by atoms with Crippen LogP contribution < -0.4 is 0 Å². The SMILES string of the molecule is c1cc(-c2ccc3c4ccc(-c5cccc(-c6cscn6)c5)cc4c4ccccc4c3c2)cc(-c2cscn2)c1. The molecular weight excluding hydrogens is 525 g/mol. The summed E-state index contributed by atoms with van der Waals surface area (Å²) in [6.07, 6.45) is 0. The molecule has 2 aromatic heterocycles. The Morgan fingerprint density at radius 2 is 0.775 bits per heavy atom. The highest BCUT2D eigenvalue weighted by Gasteiger charge is 2.12. The van der Waals surface area contributed by atoms with Gasteiger partial charge in [0, 0.05) is 21.9 Å². The summed E-state index contributed by atoms with van der Waals surface area (Å²) in [5.41, 5.74) is 12.9. The van der Waals surface area contributed by atoms with Gasteiger partial charge in [0.2, 0.25) is 0 Å². The van der Waals surface area contributed by atoms with Gasteiger partial charge in [-0.3, -0.25) is 0 Å². The first-order chi connectivity index (χ1) is 19.8. The molecule has 40 heavy (non-hydrogen) atoms. The fourth-order valence-electron chi connectivity index (χ4n) is 5.74. The number of thiazole rings is 2. The minimum atomic E-state index is 1.03. The number of nitrogens with zero attached hydrogens (tertiary/aromatic N) is 2. The molecule has 0 amide bonds. The number of benzene rings is 6. The zero-order chi connectivity index (χ0) is 26.5. The second kappa shape index (κ2) is 9.53. The van der Waals surface area contributed by atoms with Crippen molar-refractivity contribution < 1.29 is 0 Å². The standard InChI is InChI=1S/C36H22N2S2/c1-2-10-30-29(9-1)33-17-25(23-5-3-7-27(15-23)35-19-39-21-37-35)11-13-31(33)32-14-12-26(18-34(30)32)24-6-4-8-28(16-24)36-20-40-22-38-36/h1-22H. The van der Waals surface area contributed by atoms with Crippen molar-refractivity contribution >= 4 is 55.0 Å².